The van der Waals surface area contributed by atoms with Crippen molar-refractivity contribution >= 4 is 34.8 Å². The minimum Gasteiger partial charge on any atom is -0.369 e. The Labute approximate surface area is 234 Å². The van der Waals surface area contributed by atoms with Gasteiger partial charge in [-0.1, -0.05) is 17.7 Å². The molecule has 13 heteroatoms. The van der Waals surface area contributed by atoms with Crippen molar-refractivity contribution in [3.8, 4) is 0 Å². The number of carbonyl (C=O) groups excluding carboxylic acids is 2. The first-order chi connectivity index (χ1) is 18.9. The van der Waals surface area contributed by atoms with Gasteiger partial charge < -0.3 is 16.0 Å². The number of piperidine rings is 1. The number of piperazine rings is 1. The molecule has 2 amide bonds. The van der Waals surface area contributed by atoms with Crippen molar-refractivity contribution in [2.75, 3.05) is 56.0 Å². The first-order valence-corrected chi connectivity index (χ1v) is 13.4. The predicted octanol–water partition coefficient (Wildman–Crippen LogP) is 4.64. The second-order valence-electron chi connectivity index (χ2n) is 10.2. The zero-order valence-corrected chi connectivity index (χ0v) is 22.5. The maximum absolute atomic E-state index is 15.0. The summed E-state index contributed by atoms with van der Waals surface area (Å²) in [5.41, 5.74) is 5.83. The van der Waals surface area contributed by atoms with Gasteiger partial charge in [0.25, 0.3) is 5.91 Å². The van der Waals surface area contributed by atoms with Crippen LogP contribution in [0.5, 0.6) is 0 Å². The lowest BCUT2D eigenvalue weighted by atomic mass is 9.96. The minimum atomic E-state index is -4.22. The van der Waals surface area contributed by atoms with Crippen molar-refractivity contribution in [3.63, 3.8) is 0 Å². The Morgan fingerprint density at radius 3 is 2.25 bits per heavy atom. The van der Waals surface area contributed by atoms with Gasteiger partial charge in [-0.25, -0.2) is 8.78 Å². The van der Waals surface area contributed by atoms with Crippen LogP contribution in [0.3, 0.4) is 0 Å². The summed E-state index contributed by atoms with van der Waals surface area (Å²) in [4.78, 5) is 29.9. The van der Waals surface area contributed by atoms with E-state index in [9.17, 15) is 27.2 Å². The Morgan fingerprint density at radius 2 is 1.62 bits per heavy atom. The van der Waals surface area contributed by atoms with E-state index in [0.29, 0.717) is 68.5 Å². The van der Waals surface area contributed by atoms with E-state index in [-0.39, 0.29) is 30.5 Å². The predicted molar refractivity (Wildman–Crippen MR) is 142 cm³/mol. The van der Waals surface area contributed by atoms with Gasteiger partial charge in [-0.05, 0) is 50.2 Å². The summed E-state index contributed by atoms with van der Waals surface area (Å²) in [6.07, 6.45) is -4.02. The number of rotatable bonds is 8. The lowest BCUT2D eigenvalue weighted by Crippen LogP contribution is -2.47. The summed E-state index contributed by atoms with van der Waals surface area (Å²) in [6, 6.07) is 7.31. The Bertz CT molecular complexity index is 1230. The number of hydrogen-bond donors (Lipinski definition) is 2. The van der Waals surface area contributed by atoms with Crippen molar-refractivity contribution in [2.45, 2.75) is 32.0 Å². The molecular weight excluding hydrogens is 557 g/mol. The number of amides is 2. The molecule has 0 bridgehead atoms. The molecule has 40 heavy (non-hydrogen) atoms. The van der Waals surface area contributed by atoms with Crippen molar-refractivity contribution in [1.29, 1.82) is 0 Å². The van der Waals surface area contributed by atoms with E-state index >= 15 is 4.39 Å². The number of carbonyl (C=O) groups is 2. The lowest BCUT2D eigenvalue weighted by Gasteiger charge is -2.37. The second kappa shape index (κ2) is 12.7. The zero-order valence-electron chi connectivity index (χ0n) is 21.7. The third kappa shape index (κ3) is 7.61. The van der Waals surface area contributed by atoms with Crippen molar-refractivity contribution in [3.05, 3.63) is 58.1 Å². The van der Waals surface area contributed by atoms with Gasteiger partial charge in [0.2, 0.25) is 5.91 Å². The Morgan fingerprint density at radius 1 is 0.950 bits per heavy atom. The summed E-state index contributed by atoms with van der Waals surface area (Å²) in [5, 5.41) is 3.01. The van der Waals surface area contributed by atoms with E-state index in [1.54, 1.807) is 23.1 Å². The number of nitrogens with zero attached hydrogens (tertiary/aromatic N) is 3. The average Bonchev–Trinajstić information content (AvgIpc) is 2.91. The maximum atomic E-state index is 15.0. The normalized spacial score (nSPS) is 17.7. The van der Waals surface area contributed by atoms with E-state index in [1.807, 2.05) is 9.80 Å². The average molecular weight is 588 g/mol. The van der Waals surface area contributed by atoms with Gasteiger partial charge in [0.05, 0.1) is 23.4 Å². The first-order valence-electron chi connectivity index (χ1n) is 13.0. The second-order valence-corrected chi connectivity index (χ2v) is 10.6. The zero-order chi connectivity index (χ0) is 29.0. The van der Waals surface area contributed by atoms with Crippen LogP contribution in [0.15, 0.2) is 30.3 Å². The quantitative estimate of drug-likeness (QED) is 0.440. The molecule has 0 aliphatic carbocycles. The number of hydrogen-bond acceptors (Lipinski definition) is 5. The van der Waals surface area contributed by atoms with Gasteiger partial charge in [0.15, 0.2) is 11.6 Å². The highest BCUT2D eigenvalue weighted by Crippen LogP contribution is 2.32. The highest BCUT2D eigenvalue weighted by Gasteiger charge is 2.30. The number of anilines is 2. The molecule has 0 spiro atoms. The molecule has 2 fully saturated rings. The first kappa shape index (κ1) is 30.0. The van der Waals surface area contributed by atoms with Crippen molar-refractivity contribution in [1.82, 2.24) is 9.80 Å². The molecule has 7 nitrogen and oxygen atoms in total. The van der Waals surface area contributed by atoms with Gasteiger partial charge in [0, 0.05) is 55.8 Å². The third-order valence-corrected chi connectivity index (χ3v) is 7.66. The number of benzene rings is 2. The topological polar surface area (TPSA) is 81.9 Å². The molecule has 0 radical (unpaired) electrons. The summed E-state index contributed by atoms with van der Waals surface area (Å²) < 4.78 is 67.7. The Hall–Kier alpha value is -2.96. The summed E-state index contributed by atoms with van der Waals surface area (Å²) in [5.74, 6) is -3.82. The van der Waals surface area contributed by atoms with Crippen LogP contribution < -0.4 is 16.0 Å². The van der Waals surface area contributed by atoms with Crippen LogP contribution in [0.25, 0.3) is 0 Å². The van der Waals surface area contributed by atoms with E-state index in [0.717, 1.165) is 0 Å². The van der Waals surface area contributed by atoms with Gasteiger partial charge in [-0.2, -0.15) is 13.2 Å². The van der Waals surface area contributed by atoms with E-state index in [1.165, 1.54) is 12.1 Å². The fourth-order valence-electron chi connectivity index (χ4n) is 5.06. The number of nitrogens with two attached hydrogens (primary N) is 1. The molecule has 0 aromatic heterocycles. The van der Waals surface area contributed by atoms with Gasteiger partial charge in [-0.15, -0.1) is 0 Å². The molecule has 0 atom stereocenters. The molecular formula is C27H31ClF5N5O2. The fraction of sp³-hybridized carbons (Fsp3) is 0.481. The molecule has 0 unspecified atom stereocenters. The highest BCUT2D eigenvalue weighted by molar-refractivity contribution is 6.31. The monoisotopic (exact) mass is 587 g/mol. The summed E-state index contributed by atoms with van der Waals surface area (Å²) in [7, 11) is 0. The molecule has 2 aromatic carbocycles. The molecule has 2 saturated heterocycles. The molecule has 218 valence electrons. The number of primary amides is 1. The van der Waals surface area contributed by atoms with E-state index < -0.39 is 35.7 Å². The van der Waals surface area contributed by atoms with Crippen molar-refractivity contribution in [2.24, 2.45) is 11.7 Å². The van der Waals surface area contributed by atoms with Crippen LogP contribution >= 0.6 is 11.6 Å². The number of halogens is 6. The van der Waals surface area contributed by atoms with E-state index in [2.05, 4.69) is 5.32 Å². The smallest absolute Gasteiger partial charge is 0.369 e. The molecule has 0 saturated carbocycles. The SMILES string of the molecule is NC(=O)C1CCN(Cc2ccc(C(=O)Nc3ccc(Cl)cc3N3CCN(CCC(F)(F)F)CC3)c(F)c2F)CC1. The third-order valence-electron chi connectivity index (χ3n) is 7.42. The fourth-order valence-corrected chi connectivity index (χ4v) is 5.23. The van der Waals surface area contributed by atoms with Gasteiger partial charge in [0.1, 0.15) is 0 Å². The molecule has 3 N–H and O–H groups in total. The van der Waals surface area contributed by atoms with Crippen LogP contribution in [0.2, 0.25) is 5.02 Å². The molecule has 4 rings (SSSR count). The van der Waals surface area contributed by atoms with Crippen LogP contribution in [0, 0.1) is 17.6 Å². The number of nitrogens with one attached hydrogen (secondary N) is 1. The van der Waals surface area contributed by atoms with Crippen LogP contribution in [0.4, 0.5) is 33.3 Å². The summed E-state index contributed by atoms with van der Waals surface area (Å²) in [6.45, 7) is 2.65. The van der Waals surface area contributed by atoms with Crippen LogP contribution in [-0.2, 0) is 11.3 Å². The molecule has 2 aliphatic heterocycles. The number of alkyl halides is 3. The van der Waals surface area contributed by atoms with Crippen LogP contribution in [-0.4, -0.2) is 73.6 Å². The number of likely N-dealkylation sites (tertiary alicyclic amines) is 1. The van der Waals surface area contributed by atoms with Crippen molar-refractivity contribution < 1.29 is 31.5 Å². The Kier molecular flexibility index (Phi) is 9.52. The highest BCUT2D eigenvalue weighted by atomic mass is 35.5. The summed E-state index contributed by atoms with van der Waals surface area (Å²) >= 11 is 6.17. The standard InChI is InChI=1S/C27H31ClF5N5O2/c28-19-2-4-21(22(15-19)38-13-11-36(12-14-38)10-7-27(31,32)33)35-26(40)20-3-1-18(23(29)24(20)30)16-37-8-5-17(6-9-37)25(34)39/h1-4,15,17H,5-14,16H2,(H2,34,39)(H,35,40). The largest absolute Gasteiger partial charge is 0.390 e. The maximum Gasteiger partial charge on any atom is 0.390 e. The lowest BCUT2D eigenvalue weighted by molar-refractivity contribution is -0.138. The minimum absolute atomic E-state index is 0.0943. The Balaban J connectivity index is 1.41. The van der Waals surface area contributed by atoms with Crippen LogP contribution in [0.1, 0.15) is 35.2 Å². The van der Waals surface area contributed by atoms with Gasteiger partial charge in [-0.3, -0.25) is 19.4 Å². The van der Waals surface area contributed by atoms with Gasteiger partial charge >= 0.3 is 6.18 Å². The molecule has 2 aromatic rings. The molecule has 2 heterocycles. The van der Waals surface area contributed by atoms with E-state index in [4.69, 9.17) is 17.3 Å². The molecule has 2 aliphatic rings.